The molecule has 0 spiro atoms. The third kappa shape index (κ3) is 3.01. The molecule has 2 aromatic carbocycles. The van der Waals surface area contributed by atoms with Crippen molar-refractivity contribution >= 4 is 40.2 Å². The summed E-state index contributed by atoms with van der Waals surface area (Å²) in [6, 6.07) is 13.1. The Morgan fingerprint density at radius 3 is 2.81 bits per heavy atom. The number of fused-ring (bicyclic) bond motifs is 2. The maximum atomic E-state index is 12.8. The number of Topliss-reactive ketones (excluding diaryl/α,β-unsaturated/α-hetero) is 1. The van der Waals surface area contributed by atoms with Gasteiger partial charge in [0.2, 0.25) is 5.91 Å². The Hall–Kier alpha value is -2.60. The number of hydrogen-bond acceptors (Lipinski definition) is 5. The molecule has 1 aliphatic heterocycles. The average Bonchev–Trinajstić information content (AvgIpc) is 3.23. The van der Waals surface area contributed by atoms with Gasteiger partial charge < -0.3 is 9.32 Å². The highest BCUT2D eigenvalue weighted by Gasteiger charge is 2.25. The molecule has 0 aliphatic carbocycles. The Balaban J connectivity index is 1.53. The van der Waals surface area contributed by atoms with Gasteiger partial charge in [-0.05, 0) is 49.2 Å². The number of ketones is 1. The van der Waals surface area contributed by atoms with E-state index in [1.54, 1.807) is 17.9 Å². The normalized spacial score (nSPS) is 14.5. The highest BCUT2D eigenvalue weighted by Crippen LogP contribution is 2.32. The summed E-state index contributed by atoms with van der Waals surface area (Å²) in [6.45, 7) is 4.10. The minimum absolute atomic E-state index is 0.0290. The molecule has 0 saturated carbocycles. The van der Waals surface area contributed by atoms with Crippen LogP contribution in [0, 0.1) is 0 Å². The Bertz CT molecular complexity index is 978. The number of carbonyl (C=O) groups is 2. The van der Waals surface area contributed by atoms with E-state index in [2.05, 4.69) is 4.98 Å². The highest BCUT2D eigenvalue weighted by atomic mass is 32.2. The van der Waals surface area contributed by atoms with E-state index in [-0.39, 0.29) is 16.9 Å². The van der Waals surface area contributed by atoms with Crippen LogP contribution in [-0.2, 0) is 11.2 Å². The zero-order chi connectivity index (χ0) is 18.3. The first-order chi connectivity index (χ1) is 12.5. The van der Waals surface area contributed by atoms with Crippen LogP contribution in [0.25, 0.3) is 11.1 Å². The van der Waals surface area contributed by atoms with E-state index in [1.807, 2.05) is 43.3 Å². The smallest absolute Gasteiger partial charge is 0.257 e. The predicted octanol–water partition coefficient (Wildman–Crippen LogP) is 4.10. The van der Waals surface area contributed by atoms with E-state index in [1.165, 1.54) is 11.8 Å². The summed E-state index contributed by atoms with van der Waals surface area (Å²) >= 11 is 1.32. The fourth-order valence-electron chi connectivity index (χ4n) is 3.22. The molecule has 1 atom stereocenters. The first kappa shape index (κ1) is 16.8. The van der Waals surface area contributed by atoms with Crippen LogP contribution in [0.4, 0.5) is 5.69 Å². The van der Waals surface area contributed by atoms with Gasteiger partial charge in [0.1, 0.15) is 5.52 Å². The number of rotatable bonds is 4. The number of aromatic nitrogens is 1. The van der Waals surface area contributed by atoms with E-state index in [9.17, 15) is 9.59 Å². The number of anilines is 1. The van der Waals surface area contributed by atoms with Crippen LogP contribution in [0.5, 0.6) is 0 Å². The van der Waals surface area contributed by atoms with Crippen molar-refractivity contribution in [2.75, 3.05) is 11.4 Å². The van der Waals surface area contributed by atoms with Crippen LogP contribution >= 0.6 is 11.8 Å². The first-order valence-electron chi connectivity index (χ1n) is 8.50. The Kier molecular flexibility index (Phi) is 4.28. The summed E-state index contributed by atoms with van der Waals surface area (Å²) in [5, 5.41) is 0.183. The van der Waals surface area contributed by atoms with Crippen LogP contribution in [0.2, 0.25) is 0 Å². The Labute approximate surface area is 155 Å². The van der Waals surface area contributed by atoms with Gasteiger partial charge in [-0.3, -0.25) is 9.59 Å². The maximum Gasteiger partial charge on any atom is 0.257 e. The van der Waals surface area contributed by atoms with E-state index in [0.717, 1.165) is 28.8 Å². The van der Waals surface area contributed by atoms with Gasteiger partial charge >= 0.3 is 0 Å². The van der Waals surface area contributed by atoms with E-state index < -0.39 is 0 Å². The van der Waals surface area contributed by atoms with Crippen LogP contribution in [0.3, 0.4) is 0 Å². The number of oxazole rings is 1. The molecule has 26 heavy (non-hydrogen) atoms. The summed E-state index contributed by atoms with van der Waals surface area (Å²) < 4.78 is 5.69. The molecule has 1 aromatic heterocycles. The minimum atomic E-state index is -0.313. The van der Waals surface area contributed by atoms with Gasteiger partial charge in [-0.15, -0.1) is 0 Å². The molecular formula is C20H18N2O3S. The molecule has 1 unspecified atom stereocenters. The number of amides is 1. The van der Waals surface area contributed by atoms with Crippen molar-refractivity contribution < 1.29 is 14.0 Å². The van der Waals surface area contributed by atoms with Gasteiger partial charge in [0.05, 0.1) is 5.25 Å². The minimum Gasteiger partial charge on any atom is -0.431 e. The van der Waals surface area contributed by atoms with Crippen LogP contribution in [0.15, 0.2) is 52.1 Å². The number of benzene rings is 2. The summed E-state index contributed by atoms with van der Waals surface area (Å²) in [6.07, 6.45) is 0.780. The molecule has 5 nitrogen and oxygen atoms in total. The predicted molar refractivity (Wildman–Crippen MR) is 102 cm³/mol. The molecule has 6 heteroatoms. The van der Waals surface area contributed by atoms with Crippen molar-refractivity contribution in [1.29, 1.82) is 0 Å². The molecule has 4 rings (SSSR count). The largest absolute Gasteiger partial charge is 0.431 e. The zero-order valence-corrected chi connectivity index (χ0v) is 15.4. The van der Waals surface area contributed by atoms with Crippen molar-refractivity contribution in [3.05, 3.63) is 53.6 Å². The molecular weight excluding hydrogens is 348 g/mol. The molecule has 3 aromatic rings. The quantitative estimate of drug-likeness (QED) is 0.514. The van der Waals surface area contributed by atoms with Crippen LogP contribution < -0.4 is 4.90 Å². The molecule has 0 bridgehead atoms. The van der Waals surface area contributed by atoms with Gasteiger partial charge in [-0.2, -0.15) is 0 Å². The topological polar surface area (TPSA) is 63.4 Å². The van der Waals surface area contributed by atoms with Crippen molar-refractivity contribution in [2.45, 2.75) is 30.7 Å². The lowest BCUT2D eigenvalue weighted by Gasteiger charge is -2.15. The summed E-state index contributed by atoms with van der Waals surface area (Å²) in [7, 11) is 0. The van der Waals surface area contributed by atoms with Gasteiger partial charge in [-0.25, -0.2) is 4.98 Å². The number of carbonyl (C=O) groups excluding carboxylic acids is 2. The van der Waals surface area contributed by atoms with Gasteiger partial charge in [0, 0.05) is 24.7 Å². The number of para-hydroxylation sites is 2. The maximum absolute atomic E-state index is 12.8. The summed E-state index contributed by atoms with van der Waals surface area (Å²) in [4.78, 5) is 30.6. The molecule has 0 N–H and O–H groups in total. The molecule has 0 radical (unpaired) electrons. The second-order valence-electron chi connectivity index (χ2n) is 6.34. The Morgan fingerprint density at radius 2 is 2.04 bits per heavy atom. The van der Waals surface area contributed by atoms with Crippen molar-refractivity contribution in [2.24, 2.45) is 0 Å². The third-order valence-electron chi connectivity index (χ3n) is 4.56. The van der Waals surface area contributed by atoms with E-state index in [4.69, 9.17) is 4.42 Å². The van der Waals surface area contributed by atoms with E-state index in [0.29, 0.717) is 17.3 Å². The van der Waals surface area contributed by atoms with Gasteiger partial charge in [-0.1, -0.05) is 23.9 Å². The Morgan fingerprint density at radius 1 is 1.23 bits per heavy atom. The second-order valence-corrected chi connectivity index (χ2v) is 7.63. The number of hydrogen-bond donors (Lipinski definition) is 0. The average molecular weight is 366 g/mol. The molecule has 0 fully saturated rings. The fourth-order valence-corrected chi connectivity index (χ4v) is 4.06. The van der Waals surface area contributed by atoms with Crippen LogP contribution in [0.1, 0.15) is 29.8 Å². The summed E-state index contributed by atoms with van der Waals surface area (Å²) in [5.41, 5.74) is 4.12. The van der Waals surface area contributed by atoms with Gasteiger partial charge in [0.15, 0.2) is 11.4 Å². The third-order valence-corrected chi connectivity index (χ3v) is 5.50. The fraction of sp³-hybridized carbons (Fsp3) is 0.250. The molecule has 0 saturated heterocycles. The molecule has 1 amide bonds. The lowest BCUT2D eigenvalue weighted by Crippen LogP contribution is -2.25. The van der Waals surface area contributed by atoms with Crippen LogP contribution in [-0.4, -0.2) is 28.5 Å². The van der Waals surface area contributed by atoms with E-state index >= 15 is 0 Å². The standard InChI is InChI=1S/C20H18N2O3S/c1-12(26-20-21-16-5-3-4-6-18(16)25-20)19(24)15-7-8-17-14(11-15)9-10-22(17)13(2)23/h3-8,11-12H,9-10H2,1-2H3. The lowest BCUT2D eigenvalue weighted by atomic mass is 10.0. The lowest BCUT2D eigenvalue weighted by molar-refractivity contribution is -0.116. The van der Waals surface area contributed by atoms with Crippen molar-refractivity contribution in [1.82, 2.24) is 4.98 Å². The highest BCUT2D eigenvalue weighted by molar-refractivity contribution is 8.00. The molecule has 1 aliphatic rings. The van der Waals surface area contributed by atoms with Crippen molar-refractivity contribution in [3.63, 3.8) is 0 Å². The van der Waals surface area contributed by atoms with Crippen molar-refractivity contribution in [3.8, 4) is 0 Å². The monoisotopic (exact) mass is 366 g/mol. The zero-order valence-electron chi connectivity index (χ0n) is 14.6. The second kappa shape index (κ2) is 6.61. The first-order valence-corrected chi connectivity index (χ1v) is 9.38. The number of thioether (sulfide) groups is 1. The SMILES string of the molecule is CC(=O)N1CCc2cc(C(=O)C(C)Sc3nc4ccccc4o3)ccc21. The van der Waals surface area contributed by atoms with Gasteiger partial charge in [0.25, 0.3) is 5.22 Å². The molecule has 2 heterocycles. The molecule has 132 valence electrons. The number of nitrogens with zero attached hydrogens (tertiary/aromatic N) is 2. The summed E-state index contributed by atoms with van der Waals surface area (Å²) in [5.74, 6) is 0.0593.